The molecule has 0 aliphatic carbocycles. The molecule has 0 saturated carbocycles. The minimum absolute atomic E-state index is 0.201. The molecule has 5 saturated heterocycles. The zero-order chi connectivity index (χ0) is 17.2. The Morgan fingerprint density at radius 3 is 2.08 bits per heavy atom. The smallest absolute Gasteiger partial charge is 0.227 e. The highest BCUT2D eigenvalue weighted by atomic mass is 16.5. The van der Waals surface area contributed by atoms with Crippen molar-refractivity contribution in [3.8, 4) is 0 Å². The molecule has 5 heterocycles. The molecule has 5 aliphatic heterocycles. The largest absolute Gasteiger partial charge is 0.381 e. The molecule has 2 bridgehead atoms. The van der Waals surface area contributed by atoms with Crippen LogP contribution in [0.25, 0.3) is 0 Å². The number of hydrogen-bond acceptors (Lipinski definition) is 4. The molecule has 6 nitrogen and oxygen atoms in total. The molecule has 0 radical (unpaired) electrons. The fourth-order valence-electron chi connectivity index (χ4n) is 4.98. The summed E-state index contributed by atoms with van der Waals surface area (Å²) in [6, 6.07) is 0. The maximum absolute atomic E-state index is 12.9. The second-order valence-corrected chi connectivity index (χ2v) is 8.21. The van der Waals surface area contributed by atoms with Gasteiger partial charge in [0, 0.05) is 52.4 Å². The fraction of sp³-hybridized carbons (Fsp3) is 0.895. The number of fused-ring (bicyclic) bond motifs is 3. The SMILES string of the molecule is O=C(CC1CCOCC1)N1CCN(C(=O)C2CN3CCC2CC3)CC1. The molecule has 1 atom stereocenters. The Morgan fingerprint density at radius 2 is 1.48 bits per heavy atom. The Hall–Kier alpha value is -1.14. The second kappa shape index (κ2) is 7.62. The van der Waals surface area contributed by atoms with Crippen LogP contribution in [0.4, 0.5) is 0 Å². The molecule has 2 amide bonds. The molecule has 5 fully saturated rings. The third-order valence-corrected chi connectivity index (χ3v) is 6.72. The summed E-state index contributed by atoms with van der Waals surface area (Å²) in [4.78, 5) is 31.9. The Balaban J connectivity index is 1.25. The number of piperidine rings is 3. The van der Waals surface area contributed by atoms with Gasteiger partial charge in [-0.05, 0) is 50.6 Å². The molecule has 5 rings (SSSR count). The van der Waals surface area contributed by atoms with E-state index < -0.39 is 0 Å². The van der Waals surface area contributed by atoms with E-state index in [-0.39, 0.29) is 11.8 Å². The lowest BCUT2D eigenvalue weighted by Gasteiger charge is -2.46. The number of carbonyl (C=O) groups excluding carboxylic acids is 2. The van der Waals surface area contributed by atoms with Gasteiger partial charge in [0.15, 0.2) is 0 Å². The number of piperazine rings is 1. The monoisotopic (exact) mass is 349 g/mol. The van der Waals surface area contributed by atoms with Crippen LogP contribution in [0, 0.1) is 17.8 Å². The Kier molecular flexibility index (Phi) is 5.27. The average Bonchev–Trinajstić information content (AvgIpc) is 2.69. The molecule has 0 aromatic heterocycles. The molecule has 1 unspecified atom stereocenters. The summed E-state index contributed by atoms with van der Waals surface area (Å²) >= 11 is 0. The van der Waals surface area contributed by atoms with Gasteiger partial charge >= 0.3 is 0 Å². The molecule has 6 heteroatoms. The van der Waals surface area contributed by atoms with Crippen LogP contribution in [0.1, 0.15) is 32.1 Å². The lowest BCUT2D eigenvalue weighted by molar-refractivity contribution is -0.147. The van der Waals surface area contributed by atoms with Crippen molar-refractivity contribution in [3.63, 3.8) is 0 Å². The molecule has 0 aromatic rings. The molecule has 140 valence electrons. The summed E-state index contributed by atoms with van der Waals surface area (Å²) in [5, 5.41) is 0. The van der Waals surface area contributed by atoms with E-state index in [1.807, 2.05) is 9.80 Å². The summed E-state index contributed by atoms with van der Waals surface area (Å²) in [6.45, 7) is 7.70. The molecule has 0 aromatic carbocycles. The van der Waals surface area contributed by atoms with Gasteiger partial charge < -0.3 is 19.4 Å². The predicted octanol–water partition coefficient (Wildman–Crippen LogP) is 0.816. The van der Waals surface area contributed by atoms with Gasteiger partial charge in [0.25, 0.3) is 0 Å². The predicted molar refractivity (Wildman–Crippen MR) is 94.0 cm³/mol. The quantitative estimate of drug-likeness (QED) is 0.757. The van der Waals surface area contributed by atoms with Crippen molar-refractivity contribution < 1.29 is 14.3 Å². The lowest BCUT2D eigenvalue weighted by atomic mass is 9.78. The number of hydrogen-bond donors (Lipinski definition) is 0. The number of carbonyl (C=O) groups is 2. The Bertz CT molecular complexity index is 490. The van der Waals surface area contributed by atoms with Crippen LogP contribution in [0.15, 0.2) is 0 Å². The molecule has 0 spiro atoms. The van der Waals surface area contributed by atoms with E-state index in [1.165, 1.54) is 25.9 Å². The van der Waals surface area contributed by atoms with E-state index in [9.17, 15) is 9.59 Å². The first-order valence-corrected chi connectivity index (χ1v) is 10.1. The molecular formula is C19H31N3O3. The van der Waals surface area contributed by atoms with Crippen LogP contribution in [0.5, 0.6) is 0 Å². The van der Waals surface area contributed by atoms with Crippen LogP contribution >= 0.6 is 0 Å². The van der Waals surface area contributed by atoms with Crippen molar-refractivity contribution in [1.29, 1.82) is 0 Å². The second-order valence-electron chi connectivity index (χ2n) is 8.21. The average molecular weight is 349 g/mol. The zero-order valence-electron chi connectivity index (χ0n) is 15.2. The molecule has 5 aliphatic rings. The summed E-state index contributed by atoms with van der Waals surface area (Å²) in [5.74, 6) is 1.87. The van der Waals surface area contributed by atoms with Crippen LogP contribution in [-0.2, 0) is 14.3 Å². The normalized spacial score (nSPS) is 33.5. The van der Waals surface area contributed by atoms with Gasteiger partial charge in [0.05, 0.1) is 5.92 Å². The van der Waals surface area contributed by atoms with Crippen molar-refractivity contribution >= 4 is 11.8 Å². The number of rotatable bonds is 3. The Morgan fingerprint density at radius 1 is 0.840 bits per heavy atom. The minimum atomic E-state index is 0.201. The van der Waals surface area contributed by atoms with Crippen LogP contribution in [0.3, 0.4) is 0 Å². The third-order valence-electron chi connectivity index (χ3n) is 6.72. The number of nitrogens with zero attached hydrogens (tertiary/aromatic N) is 3. The van der Waals surface area contributed by atoms with Crippen LogP contribution in [0.2, 0.25) is 0 Å². The number of amides is 2. The van der Waals surface area contributed by atoms with Gasteiger partial charge in [-0.2, -0.15) is 0 Å². The van der Waals surface area contributed by atoms with E-state index in [4.69, 9.17) is 4.74 Å². The summed E-state index contributed by atoms with van der Waals surface area (Å²) < 4.78 is 5.37. The van der Waals surface area contributed by atoms with Gasteiger partial charge in [-0.1, -0.05) is 0 Å². The van der Waals surface area contributed by atoms with Crippen molar-refractivity contribution in [2.45, 2.75) is 32.1 Å². The van der Waals surface area contributed by atoms with Crippen molar-refractivity contribution in [3.05, 3.63) is 0 Å². The van der Waals surface area contributed by atoms with E-state index in [2.05, 4.69) is 4.90 Å². The van der Waals surface area contributed by atoms with Gasteiger partial charge in [-0.15, -0.1) is 0 Å². The fourth-order valence-corrected chi connectivity index (χ4v) is 4.98. The summed E-state index contributed by atoms with van der Waals surface area (Å²) in [5.41, 5.74) is 0. The maximum atomic E-state index is 12.9. The van der Waals surface area contributed by atoms with E-state index in [1.54, 1.807) is 0 Å². The van der Waals surface area contributed by atoms with E-state index >= 15 is 0 Å². The van der Waals surface area contributed by atoms with Gasteiger partial charge in [-0.25, -0.2) is 0 Å². The number of ether oxygens (including phenoxy) is 1. The highest BCUT2D eigenvalue weighted by molar-refractivity contribution is 5.81. The van der Waals surface area contributed by atoms with Gasteiger partial charge in [0.1, 0.15) is 0 Å². The molecule has 0 N–H and O–H groups in total. The van der Waals surface area contributed by atoms with Crippen molar-refractivity contribution in [1.82, 2.24) is 14.7 Å². The topological polar surface area (TPSA) is 53.1 Å². The first-order valence-electron chi connectivity index (χ1n) is 10.1. The highest BCUT2D eigenvalue weighted by Gasteiger charge is 2.40. The molecule has 25 heavy (non-hydrogen) atoms. The Labute approximate surface area is 150 Å². The molecular weight excluding hydrogens is 318 g/mol. The van der Waals surface area contributed by atoms with Crippen LogP contribution < -0.4 is 0 Å². The van der Waals surface area contributed by atoms with Crippen LogP contribution in [-0.4, -0.2) is 85.5 Å². The highest BCUT2D eigenvalue weighted by Crippen LogP contribution is 2.33. The van der Waals surface area contributed by atoms with Gasteiger partial charge in [-0.3, -0.25) is 9.59 Å². The van der Waals surface area contributed by atoms with E-state index in [0.29, 0.717) is 50.3 Å². The zero-order valence-corrected chi connectivity index (χ0v) is 15.2. The lowest BCUT2D eigenvalue weighted by Crippen LogP contribution is -2.57. The van der Waals surface area contributed by atoms with E-state index in [0.717, 1.165) is 32.6 Å². The standard InChI is InChI=1S/C19H31N3O3/c23-18(13-15-3-11-25-12-4-15)21-7-9-22(10-8-21)19(24)17-14-20-5-1-16(17)2-6-20/h15-17H,1-14H2. The summed E-state index contributed by atoms with van der Waals surface area (Å²) in [7, 11) is 0. The minimum Gasteiger partial charge on any atom is -0.381 e. The first-order chi connectivity index (χ1) is 12.2. The summed E-state index contributed by atoms with van der Waals surface area (Å²) in [6.07, 6.45) is 5.02. The van der Waals surface area contributed by atoms with Gasteiger partial charge in [0.2, 0.25) is 11.8 Å². The maximum Gasteiger partial charge on any atom is 0.227 e. The third kappa shape index (κ3) is 3.85. The van der Waals surface area contributed by atoms with Crippen molar-refractivity contribution in [2.24, 2.45) is 17.8 Å². The first kappa shape index (κ1) is 17.3. The van der Waals surface area contributed by atoms with Crippen molar-refractivity contribution in [2.75, 3.05) is 59.0 Å².